The third-order valence-corrected chi connectivity index (χ3v) is 4.35. The normalized spacial score (nSPS) is 18.4. The van der Waals surface area contributed by atoms with Crippen LogP contribution < -0.4 is 5.32 Å². The lowest BCUT2D eigenvalue weighted by Gasteiger charge is -2.32. The van der Waals surface area contributed by atoms with Crippen LogP contribution in [0.15, 0.2) is 12.4 Å². The van der Waals surface area contributed by atoms with E-state index in [0.717, 1.165) is 64.2 Å². The Kier molecular flexibility index (Phi) is 6.89. The number of carbonyl (C=O) groups excluding carboxylic acids is 1. The molecule has 1 saturated heterocycles. The van der Waals surface area contributed by atoms with E-state index < -0.39 is 0 Å². The summed E-state index contributed by atoms with van der Waals surface area (Å²) in [6, 6.07) is 0.0715. The second-order valence-electron chi connectivity index (χ2n) is 6.65. The van der Waals surface area contributed by atoms with Gasteiger partial charge in [-0.1, -0.05) is 6.92 Å². The van der Waals surface area contributed by atoms with E-state index in [0.29, 0.717) is 5.92 Å². The van der Waals surface area contributed by atoms with Gasteiger partial charge in [0.15, 0.2) is 0 Å². The zero-order valence-electron chi connectivity index (χ0n) is 14.8. The first-order valence-corrected chi connectivity index (χ1v) is 8.80. The fourth-order valence-corrected chi connectivity index (χ4v) is 3.14. The van der Waals surface area contributed by atoms with Crippen molar-refractivity contribution in [3.05, 3.63) is 18.2 Å². The maximum absolute atomic E-state index is 12.2. The molecule has 0 unspecified atom stereocenters. The summed E-state index contributed by atoms with van der Waals surface area (Å²) < 4.78 is 2.27. The second-order valence-corrected chi connectivity index (χ2v) is 6.65. The molecule has 1 aliphatic rings. The van der Waals surface area contributed by atoms with Gasteiger partial charge in [0.1, 0.15) is 5.82 Å². The second kappa shape index (κ2) is 8.91. The van der Waals surface area contributed by atoms with E-state index in [1.165, 1.54) is 0 Å². The number of nitrogens with one attached hydrogen (secondary N) is 1. The number of amides is 2. The molecule has 1 atom stereocenters. The molecule has 2 amide bonds. The Morgan fingerprint density at radius 2 is 2.30 bits per heavy atom. The highest BCUT2D eigenvalue weighted by Gasteiger charge is 2.27. The van der Waals surface area contributed by atoms with Crippen LogP contribution in [-0.4, -0.2) is 65.7 Å². The van der Waals surface area contributed by atoms with Gasteiger partial charge in [0.05, 0.1) is 0 Å². The third-order valence-electron chi connectivity index (χ3n) is 4.35. The zero-order valence-corrected chi connectivity index (χ0v) is 14.8. The summed E-state index contributed by atoms with van der Waals surface area (Å²) >= 11 is 0. The van der Waals surface area contributed by atoms with Gasteiger partial charge in [-0.3, -0.25) is 0 Å². The fraction of sp³-hybridized carbons (Fsp3) is 0.765. The predicted molar refractivity (Wildman–Crippen MR) is 92.6 cm³/mol. The van der Waals surface area contributed by atoms with Crippen molar-refractivity contribution in [2.24, 2.45) is 0 Å². The van der Waals surface area contributed by atoms with Gasteiger partial charge in [0.2, 0.25) is 0 Å². The number of aryl methyl sites for hydroxylation is 1. The Morgan fingerprint density at radius 1 is 1.48 bits per heavy atom. The molecule has 2 heterocycles. The van der Waals surface area contributed by atoms with Crippen molar-refractivity contribution >= 4 is 6.03 Å². The maximum atomic E-state index is 12.2. The average Bonchev–Trinajstić information content (AvgIpc) is 3.01. The van der Waals surface area contributed by atoms with Crippen molar-refractivity contribution in [3.8, 4) is 0 Å². The minimum absolute atomic E-state index is 0.0715. The quantitative estimate of drug-likeness (QED) is 0.837. The van der Waals surface area contributed by atoms with Crippen LogP contribution in [0.3, 0.4) is 0 Å². The van der Waals surface area contributed by atoms with E-state index in [-0.39, 0.29) is 6.03 Å². The molecule has 0 aromatic carbocycles. The third kappa shape index (κ3) is 5.23. The molecule has 1 aliphatic heterocycles. The van der Waals surface area contributed by atoms with E-state index in [1.807, 2.05) is 11.1 Å². The molecular formula is C17H31N5O. The van der Waals surface area contributed by atoms with Crippen molar-refractivity contribution in [3.63, 3.8) is 0 Å². The molecule has 1 aromatic rings. The topological polar surface area (TPSA) is 53.4 Å². The highest BCUT2D eigenvalue weighted by molar-refractivity contribution is 5.74. The molecule has 0 spiro atoms. The molecule has 1 N–H and O–H groups in total. The molecular weight excluding hydrogens is 290 g/mol. The standard InChI is InChI=1S/C17H31N5O/c1-4-8-19-17(23)22-11-5-7-15(14-22)16-18-9-13-21(16)12-6-10-20(2)3/h9,13,15H,4-8,10-12,14H2,1-3H3,(H,19,23)/t15-/m1/s1. The van der Waals surface area contributed by atoms with Gasteiger partial charge in [-0.05, 0) is 46.3 Å². The Bertz CT molecular complexity index is 485. The number of imidazole rings is 1. The number of rotatable bonds is 7. The van der Waals surface area contributed by atoms with Crippen LogP contribution in [0.25, 0.3) is 0 Å². The molecule has 0 saturated carbocycles. The van der Waals surface area contributed by atoms with E-state index in [1.54, 1.807) is 0 Å². The van der Waals surface area contributed by atoms with Crippen LogP contribution in [0.1, 0.15) is 44.3 Å². The highest BCUT2D eigenvalue weighted by Crippen LogP contribution is 2.26. The molecule has 23 heavy (non-hydrogen) atoms. The molecule has 2 rings (SSSR count). The Hall–Kier alpha value is -1.56. The summed E-state index contributed by atoms with van der Waals surface area (Å²) in [7, 11) is 4.20. The lowest BCUT2D eigenvalue weighted by molar-refractivity contribution is 0.177. The number of nitrogens with zero attached hydrogens (tertiary/aromatic N) is 4. The molecule has 1 fully saturated rings. The predicted octanol–water partition coefficient (Wildman–Crippen LogP) is 2.13. The number of hydrogen-bond donors (Lipinski definition) is 1. The molecule has 0 radical (unpaired) electrons. The molecule has 1 aromatic heterocycles. The van der Waals surface area contributed by atoms with Crippen LogP contribution >= 0.6 is 0 Å². The summed E-state index contributed by atoms with van der Waals surface area (Å²) in [5.74, 6) is 1.49. The number of piperidine rings is 1. The van der Waals surface area contributed by atoms with Crippen LogP contribution in [0.4, 0.5) is 4.79 Å². The Balaban J connectivity index is 1.93. The maximum Gasteiger partial charge on any atom is 0.317 e. The summed E-state index contributed by atoms with van der Waals surface area (Å²) in [5.41, 5.74) is 0. The average molecular weight is 321 g/mol. The van der Waals surface area contributed by atoms with Gasteiger partial charge >= 0.3 is 6.03 Å². The van der Waals surface area contributed by atoms with Crippen molar-refractivity contribution in [2.45, 2.75) is 45.1 Å². The Morgan fingerprint density at radius 3 is 3.04 bits per heavy atom. The van der Waals surface area contributed by atoms with Crippen LogP contribution in [0.5, 0.6) is 0 Å². The van der Waals surface area contributed by atoms with Crippen molar-refractivity contribution in [2.75, 3.05) is 40.3 Å². The lowest BCUT2D eigenvalue weighted by atomic mass is 9.97. The number of aromatic nitrogens is 2. The van der Waals surface area contributed by atoms with Crippen molar-refractivity contribution < 1.29 is 4.79 Å². The van der Waals surface area contributed by atoms with Gasteiger partial charge in [-0.25, -0.2) is 9.78 Å². The minimum atomic E-state index is 0.0715. The van der Waals surface area contributed by atoms with Gasteiger partial charge in [0.25, 0.3) is 0 Å². The number of carbonyl (C=O) groups is 1. The van der Waals surface area contributed by atoms with Crippen LogP contribution in [0, 0.1) is 0 Å². The van der Waals surface area contributed by atoms with Crippen LogP contribution in [0.2, 0.25) is 0 Å². The van der Waals surface area contributed by atoms with Gasteiger partial charge in [0, 0.05) is 44.5 Å². The van der Waals surface area contributed by atoms with E-state index in [2.05, 4.69) is 47.0 Å². The number of likely N-dealkylation sites (tertiary alicyclic amines) is 1. The monoisotopic (exact) mass is 321 g/mol. The largest absolute Gasteiger partial charge is 0.338 e. The zero-order chi connectivity index (χ0) is 16.7. The highest BCUT2D eigenvalue weighted by atomic mass is 16.2. The van der Waals surface area contributed by atoms with E-state index in [4.69, 9.17) is 0 Å². The van der Waals surface area contributed by atoms with E-state index in [9.17, 15) is 4.79 Å². The van der Waals surface area contributed by atoms with Crippen LogP contribution in [-0.2, 0) is 6.54 Å². The van der Waals surface area contributed by atoms with Crippen molar-refractivity contribution in [1.29, 1.82) is 0 Å². The Labute approximate surface area is 139 Å². The summed E-state index contributed by atoms with van der Waals surface area (Å²) in [4.78, 5) is 20.9. The van der Waals surface area contributed by atoms with E-state index >= 15 is 0 Å². The molecule has 130 valence electrons. The molecule has 6 heteroatoms. The first-order chi connectivity index (χ1) is 11.1. The smallest absolute Gasteiger partial charge is 0.317 e. The van der Waals surface area contributed by atoms with Crippen molar-refractivity contribution in [1.82, 2.24) is 24.7 Å². The van der Waals surface area contributed by atoms with Gasteiger partial charge in [-0.15, -0.1) is 0 Å². The summed E-state index contributed by atoms with van der Waals surface area (Å²) in [6.45, 7) is 6.52. The minimum Gasteiger partial charge on any atom is -0.338 e. The van der Waals surface area contributed by atoms with Gasteiger partial charge < -0.3 is 19.7 Å². The summed E-state index contributed by atoms with van der Waals surface area (Å²) in [5, 5.41) is 2.98. The SMILES string of the molecule is CCCNC(=O)N1CCC[C@@H](c2nccn2CCCN(C)C)C1. The lowest BCUT2D eigenvalue weighted by Crippen LogP contribution is -2.45. The molecule has 0 aliphatic carbocycles. The fourth-order valence-electron chi connectivity index (χ4n) is 3.14. The number of urea groups is 1. The number of hydrogen-bond acceptors (Lipinski definition) is 3. The summed E-state index contributed by atoms with van der Waals surface area (Å²) in [6.07, 6.45) is 8.21. The first kappa shape index (κ1) is 17.8. The molecule has 6 nitrogen and oxygen atoms in total. The molecule has 0 bridgehead atoms. The van der Waals surface area contributed by atoms with Gasteiger partial charge in [-0.2, -0.15) is 0 Å². The first-order valence-electron chi connectivity index (χ1n) is 8.80.